The predicted molar refractivity (Wildman–Crippen MR) is 99.4 cm³/mol. The fourth-order valence-electron chi connectivity index (χ4n) is 2.42. The van der Waals surface area contributed by atoms with Gasteiger partial charge >= 0.3 is 10.8 Å². The Bertz CT molecular complexity index is 806. The van der Waals surface area contributed by atoms with Crippen LogP contribution in [0.3, 0.4) is 0 Å². The molecule has 144 valence electrons. The minimum absolute atomic E-state index is 0.0209. The lowest BCUT2D eigenvalue weighted by Crippen LogP contribution is -2.38. The normalized spacial score (nSPS) is 11.0. The van der Waals surface area contributed by atoms with Crippen LogP contribution in [0.25, 0.3) is 0 Å². The average molecular weight is 442 g/mol. The van der Waals surface area contributed by atoms with Crippen LogP contribution in [-0.4, -0.2) is 35.3 Å². The maximum atomic E-state index is 13.6. The minimum atomic E-state index is -3.27. The Kier molecular flexibility index (Phi) is 6.90. The van der Waals surface area contributed by atoms with Gasteiger partial charge in [0.2, 0.25) is 0 Å². The lowest BCUT2D eigenvalue weighted by Gasteiger charge is -2.26. The fraction of sp³-hybridized carbons (Fsp3) is 0.263. The molecule has 1 amide bonds. The third-order valence-corrected chi connectivity index (χ3v) is 3.81. The first-order valence-electron chi connectivity index (χ1n) is 7.96. The van der Waals surface area contributed by atoms with Gasteiger partial charge in [0, 0.05) is 13.5 Å². The summed E-state index contributed by atoms with van der Waals surface area (Å²) in [7, 11) is 1.52. The molecule has 0 unspecified atom stereocenters. The van der Waals surface area contributed by atoms with Crippen molar-refractivity contribution in [1.82, 2.24) is 4.90 Å². The number of esters is 1. The molecule has 5 nitrogen and oxygen atoms in total. The molecule has 0 N–H and O–H groups in total. The van der Waals surface area contributed by atoms with Crippen LogP contribution in [0.15, 0.2) is 48.5 Å². The zero-order valence-corrected chi connectivity index (χ0v) is 16.3. The summed E-state index contributed by atoms with van der Waals surface area (Å²) in [6.07, 6.45) is 0. The van der Waals surface area contributed by atoms with Gasteiger partial charge in [-0.15, -0.1) is 0 Å². The van der Waals surface area contributed by atoms with E-state index in [9.17, 15) is 18.4 Å². The highest BCUT2D eigenvalue weighted by Crippen LogP contribution is 2.27. The number of carbonyl (C=O) groups is 2. The van der Waals surface area contributed by atoms with Gasteiger partial charge in [0.1, 0.15) is 11.5 Å². The molecule has 0 saturated carbocycles. The van der Waals surface area contributed by atoms with E-state index >= 15 is 0 Å². The van der Waals surface area contributed by atoms with Crippen molar-refractivity contribution in [1.29, 1.82) is 0 Å². The van der Waals surface area contributed by atoms with Gasteiger partial charge in [0.15, 0.2) is 0 Å². The lowest BCUT2D eigenvalue weighted by molar-refractivity contribution is -0.131. The van der Waals surface area contributed by atoms with E-state index in [-0.39, 0.29) is 17.9 Å². The van der Waals surface area contributed by atoms with Crippen molar-refractivity contribution in [2.75, 3.05) is 13.7 Å². The molecule has 0 spiro atoms. The monoisotopic (exact) mass is 441 g/mol. The van der Waals surface area contributed by atoms with Gasteiger partial charge in [-0.1, -0.05) is 24.3 Å². The number of methoxy groups -OCH3 is 1. The maximum absolute atomic E-state index is 13.6. The second kappa shape index (κ2) is 8.94. The van der Waals surface area contributed by atoms with E-state index in [0.29, 0.717) is 11.3 Å². The highest BCUT2D eigenvalue weighted by Gasteiger charge is 2.32. The van der Waals surface area contributed by atoms with Gasteiger partial charge in [0.05, 0.1) is 19.2 Å². The van der Waals surface area contributed by atoms with Gasteiger partial charge in [-0.25, -0.2) is 0 Å². The molecular weight excluding hydrogens is 424 g/mol. The predicted octanol–water partition coefficient (Wildman–Crippen LogP) is 4.25. The van der Waals surface area contributed by atoms with Gasteiger partial charge in [-0.05, 0) is 45.8 Å². The molecule has 2 rings (SSSR count). The molecule has 0 aliphatic carbocycles. The van der Waals surface area contributed by atoms with Crippen LogP contribution >= 0.6 is 15.9 Å². The van der Waals surface area contributed by atoms with E-state index in [2.05, 4.69) is 15.9 Å². The topological polar surface area (TPSA) is 55.8 Å². The van der Waals surface area contributed by atoms with Crippen LogP contribution in [0.4, 0.5) is 8.78 Å². The number of rotatable bonds is 7. The molecule has 0 aliphatic heterocycles. The molecule has 0 atom stereocenters. The largest absolute Gasteiger partial charge is 0.497 e. The third kappa shape index (κ3) is 6.32. The molecular formula is C19H18BrF2NO4. The third-order valence-electron chi connectivity index (χ3n) is 3.56. The van der Waals surface area contributed by atoms with Gasteiger partial charge < -0.3 is 14.4 Å². The molecule has 0 saturated heterocycles. The second-order valence-electron chi connectivity index (χ2n) is 5.71. The number of halogens is 3. The standard InChI is InChI=1S/C19H18BrF2NO4/c1-13(24)27-17-6-4-3-5-16(17)18(25)23(12-19(20,21)22)11-14-7-9-15(26-2)10-8-14/h3-10H,11-12H2,1-2H3. The minimum Gasteiger partial charge on any atom is -0.497 e. The van der Waals surface area contributed by atoms with Crippen molar-refractivity contribution in [3.05, 3.63) is 59.7 Å². The SMILES string of the molecule is COc1ccc(CN(CC(F)(F)Br)C(=O)c2ccccc2OC(C)=O)cc1. The Morgan fingerprint density at radius 2 is 1.74 bits per heavy atom. The molecule has 0 aliphatic rings. The quantitative estimate of drug-likeness (QED) is 0.366. The van der Waals surface area contributed by atoms with Gasteiger partial charge in [-0.2, -0.15) is 8.78 Å². The number of para-hydroxylation sites is 1. The zero-order chi connectivity index (χ0) is 20.0. The summed E-state index contributed by atoms with van der Waals surface area (Å²) in [4.78, 5) is 21.9. The number of hydrogen-bond acceptors (Lipinski definition) is 4. The Morgan fingerprint density at radius 1 is 1.11 bits per heavy atom. The number of ether oxygens (including phenoxy) is 2. The van der Waals surface area contributed by atoms with E-state index in [0.717, 1.165) is 4.90 Å². The number of carbonyl (C=O) groups excluding carboxylic acids is 2. The summed E-state index contributed by atoms with van der Waals surface area (Å²) in [5.41, 5.74) is 0.670. The van der Waals surface area contributed by atoms with Crippen molar-refractivity contribution < 1.29 is 27.8 Å². The summed E-state index contributed by atoms with van der Waals surface area (Å²) in [6, 6.07) is 12.7. The summed E-state index contributed by atoms with van der Waals surface area (Å²) in [6.45, 7) is 0.285. The zero-order valence-electron chi connectivity index (χ0n) is 14.7. The first-order chi connectivity index (χ1) is 12.7. The summed E-state index contributed by atoms with van der Waals surface area (Å²) in [5.74, 6) is -0.653. The summed E-state index contributed by atoms with van der Waals surface area (Å²) in [5, 5.41) is 0. The van der Waals surface area contributed by atoms with E-state index in [4.69, 9.17) is 9.47 Å². The Labute approximate surface area is 164 Å². The Balaban J connectivity index is 2.32. The van der Waals surface area contributed by atoms with Crippen molar-refractivity contribution >= 4 is 27.8 Å². The van der Waals surface area contributed by atoms with Crippen molar-refractivity contribution in [2.45, 2.75) is 18.3 Å². The van der Waals surface area contributed by atoms with Crippen LogP contribution in [0.1, 0.15) is 22.8 Å². The van der Waals surface area contributed by atoms with Gasteiger partial charge in [0.25, 0.3) is 5.91 Å². The van der Waals surface area contributed by atoms with Crippen molar-refractivity contribution in [3.63, 3.8) is 0 Å². The highest BCUT2D eigenvalue weighted by molar-refractivity contribution is 9.10. The first-order valence-corrected chi connectivity index (χ1v) is 8.75. The molecule has 0 aromatic heterocycles. The lowest BCUT2D eigenvalue weighted by atomic mass is 10.1. The fourth-order valence-corrected chi connectivity index (χ4v) is 2.73. The van der Waals surface area contributed by atoms with Crippen LogP contribution < -0.4 is 9.47 Å². The van der Waals surface area contributed by atoms with Gasteiger partial charge in [-0.3, -0.25) is 9.59 Å². The van der Waals surface area contributed by atoms with Crippen molar-refractivity contribution in [2.24, 2.45) is 0 Å². The van der Waals surface area contributed by atoms with E-state index in [1.54, 1.807) is 36.4 Å². The van der Waals surface area contributed by atoms with E-state index < -0.39 is 23.3 Å². The van der Waals surface area contributed by atoms with Crippen LogP contribution in [0.5, 0.6) is 11.5 Å². The molecule has 27 heavy (non-hydrogen) atoms. The van der Waals surface area contributed by atoms with Crippen LogP contribution in [0.2, 0.25) is 0 Å². The molecule has 0 bridgehead atoms. The number of alkyl halides is 3. The molecule has 2 aromatic carbocycles. The Hall–Kier alpha value is -2.48. The molecule has 0 heterocycles. The average Bonchev–Trinajstić information content (AvgIpc) is 2.60. The van der Waals surface area contributed by atoms with Crippen LogP contribution in [0, 0.1) is 0 Å². The highest BCUT2D eigenvalue weighted by atomic mass is 79.9. The Morgan fingerprint density at radius 3 is 2.30 bits per heavy atom. The molecule has 2 aromatic rings. The number of hydrogen-bond donors (Lipinski definition) is 0. The smallest absolute Gasteiger partial charge is 0.318 e. The number of amides is 1. The van der Waals surface area contributed by atoms with Crippen LogP contribution in [-0.2, 0) is 11.3 Å². The molecule has 0 radical (unpaired) electrons. The first kappa shape index (κ1) is 20.8. The second-order valence-corrected chi connectivity index (χ2v) is 6.87. The maximum Gasteiger partial charge on any atom is 0.318 e. The summed E-state index contributed by atoms with van der Waals surface area (Å²) >= 11 is 2.28. The number of benzene rings is 2. The van der Waals surface area contributed by atoms with Crippen molar-refractivity contribution in [3.8, 4) is 11.5 Å². The molecule has 0 fully saturated rings. The summed E-state index contributed by atoms with van der Waals surface area (Å²) < 4.78 is 37.3. The van der Waals surface area contributed by atoms with E-state index in [1.807, 2.05) is 0 Å². The number of nitrogens with zero attached hydrogens (tertiary/aromatic N) is 1. The van der Waals surface area contributed by atoms with E-state index in [1.165, 1.54) is 26.2 Å². The molecule has 8 heteroatoms.